The van der Waals surface area contributed by atoms with Crippen LogP contribution in [0.1, 0.15) is 34.3 Å². The van der Waals surface area contributed by atoms with E-state index in [1.54, 1.807) is 24.3 Å². The van der Waals surface area contributed by atoms with Gasteiger partial charge in [0.05, 0.1) is 5.75 Å². The molecule has 2 aromatic carbocycles. The van der Waals surface area contributed by atoms with Gasteiger partial charge in [0.25, 0.3) is 5.91 Å². The highest BCUT2D eigenvalue weighted by Gasteiger charge is 2.29. The van der Waals surface area contributed by atoms with Crippen LogP contribution in [0.5, 0.6) is 0 Å². The van der Waals surface area contributed by atoms with Gasteiger partial charge in [-0.25, -0.2) is 8.42 Å². The van der Waals surface area contributed by atoms with Crippen LogP contribution in [0.4, 0.5) is 0 Å². The largest absolute Gasteiger partial charge is 0.335 e. The van der Waals surface area contributed by atoms with Crippen LogP contribution in [0.25, 0.3) is 0 Å². The number of nitrogens with zero attached hydrogens (tertiary/aromatic N) is 1. The van der Waals surface area contributed by atoms with Crippen molar-refractivity contribution in [2.75, 3.05) is 12.8 Å². The van der Waals surface area contributed by atoms with E-state index in [0.29, 0.717) is 11.1 Å². The first-order valence-corrected chi connectivity index (χ1v) is 10.6. The number of amides is 1. The van der Waals surface area contributed by atoms with E-state index < -0.39 is 9.84 Å². The summed E-state index contributed by atoms with van der Waals surface area (Å²) in [5, 5.41) is 0. The molecule has 1 heterocycles. The van der Waals surface area contributed by atoms with Crippen molar-refractivity contribution in [2.24, 2.45) is 0 Å². The fourth-order valence-corrected chi connectivity index (χ4v) is 4.21. The highest BCUT2D eigenvalue weighted by Crippen LogP contribution is 2.23. The number of hydrogen-bond acceptors (Lipinski definition) is 3. The second-order valence-electron chi connectivity index (χ2n) is 6.75. The van der Waals surface area contributed by atoms with E-state index >= 15 is 0 Å². The van der Waals surface area contributed by atoms with Crippen molar-refractivity contribution in [3.63, 3.8) is 0 Å². The van der Waals surface area contributed by atoms with E-state index in [0.717, 1.165) is 25.8 Å². The fraction of sp³-hybridized carbons (Fsp3) is 0.350. The highest BCUT2D eigenvalue weighted by molar-refractivity contribution is 7.89. The van der Waals surface area contributed by atoms with Crippen LogP contribution >= 0.6 is 0 Å². The highest BCUT2D eigenvalue weighted by atomic mass is 32.2. The lowest BCUT2D eigenvalue weighted by Gasteiger charge is -2.25. The third-order valence-electron chi connectivity index (χ3n) is 4.58. The Hall–Kier alpha value is -2.14. The van der Waals surface area contributed by atoms with Gasteiger partial charge in [-0.1, -0.05) is 42.5 Å². The first kappa shape index (κ1) is 17.7. The Morgan fingerprint density at radius 1 is 1.04 bits per heavy atom. The molecule has 3 rings (SSSR count). The molecule has 5 heteroatoms. The average molecular weight is 357 g/mol. The van der Waals surface area contributed by atoms with Crippen molar-refractivity contribution >= 4 is 15.7 Å². The third-order valence-corrected chi connectivity index (χ3v) is 5.44. The smallest absolute Gasteiger partial charge is 0.254 e. The van der Waals surface area contributed by atoms with Gasteiger partial charge in [0.1, 0.15) is 0 Å². The molecule has 1 aliphatic heterocycles. The summed E-state index contributed by atoms with van der Waals surface area (Å²) in [6, 6.07) is 17.4. The zero-order valence-electron chi connectivity index (χ0n) is 14.4. The van der Waals surface area contributed by atoms with Crippen LogP contribution in [-0.4, -0.2) is 38.1 Å². The predicted molar refractivity (Wildman–Crippen MR) is 99.2 cm³/mol. The van der Waals surface area contributed by atoms with E-state index in [-0.39, 0.29) is 17.7 Å². The number of sulfone groups is 1. The lowest BCUT2D eigenvalue weighted by Crippen LogP contribution is -2.36. The van der Waals surface area contributed by atoms with E-state index in [9.17, 15) is 13.2 Å². The molecular formula is C20H23NO3S. The van der Waals surface area contributed by atoms with Crippen LogP contribution in [-0.2, 0) is 22.0 Å². The topological polar surface area (TPSA) is 54.5 Å². The maximum Gasteiger partial charge on any atom is 0.254 e. The lowest BCUT2D eigenvalue weighted by molar-refractivity contribution is 0.0736. The molecule has 25 heavy (non-hydrogen) atoms. The van der Waals surface area contributed by atoms with Gasteiger partial charge in [0.15, 0.2) is 9.84 Å². The maximum absolute atomic E-state index is 12.9. The van der Waals surface area contributed by atoms with Gasteiger partial charge in [0, 0.05) is 24.4 Å². The van der Waals surface area contributed by atoms with Crippen molar-refractivity contribution in [2.45, 2.75) is 31.1 Å². The van der Waals surface area contributed by atoms with E-state index in [1.807, 2.05) is 23.1 Å². The second-order valence-corrected chi connectivity index (χ2v) is 8.89. The Labute approximate surface area is 149 Å². The molecule has 0 bridgehead atoms. The zero-order chi connectivity index (χ0) is 17.9. The molecule has 1 saturated heterocycles. The molecule has 0 aliphatic carbocycles. The summed E-state index contributed by atoms with van der Waals surface area (Å²) >= 11 is 0. The molecule has 1 unspecified atom stereocenters. The lowest BCUT2D eigenvalue weighted by atomic mass is 10.0. The van der Waals surface area contributed by atoms with Gasteiger partial charge in [-0.05, 0) is 42.5 Å². The second kappa shape index (κ2) is 7.40. The van der Waals surface area contributed by atoms with Gasteiger partial charge >= 0.3 is 0 Å². The SMILES string of the molecule is CS(=O)(=O)Cc1ccc(C(=O)N2CCCC2Cc2ccccc2)cc1. The number of hydrogen-bond donors (Lipinski definition) is 0. The Bertz CT molecular complexity index is 829. The molecule has 1 fully saturated rings. The Morgan fingerprint density at radius 2 is 1.72 bits per heavy atom. The number of carbonyl (C=O) groups is 1. The summed E-state index contributed by atoms with van der Waals surface area (Å²) < 4.78 is 22.7. The van der Waals surface area contributed by atoms with Crippen LogP contribution in [0, 0.1) is 0 Å². The average Bonchev–Trinajstić information content (AvgIpc) is 3.02. The minimum Gasteiger partial charge on any atom is -0.335 e. The molecule has 0 N–H and O–H groups in total. The molecule has 1 amide bonds. The Balaban J connectivity index is 1.71. The van der Waals surface area contributed by atoms with Crippen LogP contribution < -0.4 is 0 Å². The number of carbonyl (C=O) groups excluding carboxylic acids is 1. The van der Waals surface area contributed by atoms with Gasteiger partial charge in [-0.15, -0.1) is 0 Å². The summed E-state index contributed by atoms with van der Waals surface area (Å²) in [5.74, 6) is 0.0336. The van der Waals surface area contributed by atoms with Crippen molar-refractivity contribution in [1.82, 2.24) is 4.90 Å². The van der Waals surface area contributed by atoms with Crippen molar-refractivity contribution in [3.8, 4) is 0 Å². The molecule has 2 aromatic rings. The first-order chi connectivity index (χ1) is 11.9. The standard InChI is InChI=1S/C20H23NO3S/c1-25(23,24)15-17-9-11-18(12-10-17)20(22)21-13-5-8-19(21)14-16-6-3-2-4-7-16/h2-4,6-7,9-12,19H,5,8,13-15H2,1H3. The number of rotatable bonds is 5. The molecule has 1 atom stereocenters. The minimum atomic E-state index is -3.06. The van der Waals surface area contributed by atoms with Crippen molar-refractivity contribution in [3.05, 3.63) is 71.3 Å². The van der Waals surface area contributed by atoms with Crippen LogP contribution in [0.3, 0.4) is 0 Å². The number of likely N-dealkylation sites (tertiary alicyclic amines) is 1. The predicted octanol–water partition coefficient (Wildman–Crippen LogP) is 3.08. The quantitative estimate of drug-likeness (QED) is 0.826. The van der Waals surface area contributed by atoms with Crippen LogP contribution in [0.2, 0.25) is 0 Å². The van der Waals surface area contributed by atoms with Crippen molar-refractivity contribution < 1.29 is 13.2 Å². The normalized spacial score (nSPS) is 17.6. The van der Waals surface area contributed by atoms with E-state index in [1.165, 1.54) is 11.8 Å². The third kappa shape index (κ3) is 4.69. The van der Waals surface area contributed by atoms with E-state index in [2.05, 4.69) is 12.1 Å². The van der Waals surface area contributed by atoms with Gasteiger partial charge < -0.3 is 4.90 Å². The Morgan fingerprint density at radius 3 is 2.36 bits per heavy atom. The molecule has 0 saturated carbocycles. The molecule has 132 valence electrons. The number of benzene rings is 2. The summed E-state index contributed by atoms with van der Waals surface area (Å²) in [4.78, 5) is 14.8. The Kier molecular flexibility index (Phi) is 5.23. The minimum absolute atomic E-state index is 0.00180. The van der Waals surface area contributed by atoms with Crippen molar-refractivity contribution in [1.29, 1.82) is 0 Å². The monoisotopic (exact) mass is 357 g/mol. The molecule has 0 spiro atoms. The van der Waals surface area contributed by atoms with Crippen LogP contribution in [0.15, 0.2) is 54.6 Å². The summed E-state index contributed by atoms with van der Waals surface area (Å²) in [7, 11) is -3.06. The molecule has 4 nitrogen and oxygen atoms in total. The summed E-state index contributed by atoms with van der Waals surface area (Å²) in [6.45, 7) is 0.779. The molecular weight excluding hydrogens is 334 g/mol. The molecule has 1 aliphatic rings. The van der Waals surface area contributed by atoms with E-state index in [4.69, 9.17) is 0 Å². The fourth-order valence-electron chi connectivity index (χ4n) is 3.41. The molecule has 0 radical (unpaired) electrons. The first-order valence-electron chi connectivity index (χ1n) is 8.54. The van der Waals surface area contributed by atoms with Gasteiger partial charge in [-0.2, -0.15) is 0 Å². The van der Waals surface area contributed by atoms with Gasteiger partial charge in [0.2, 0.25) is 0 Å². The van der Waals surface area contributed by atoms with Gasteiger partial charge in [-0.3, -0.25) is 4.79 Å². The maximum atomic E-state index is 12.9. The molecule has 0 aromatic heterocycles. The zero-order valence-corrected chi connectivity index (χ0v) is 15.2. The summed E-state index contributed by atoms with van der Waals surface area (Å²) in [5.41, 5.74) is 2.58. The summed E-state index contributed by atoms with van der Waals surface area (Å²) in [6.07, 6.45) is 4.13.